The number of hydrogen-bond donors (Lipinski definition) is 2. The molecule has 0 aliphatic carbocycles. The van der Waals surface area contributed by atoms with E-state index >= 15 is 0 Å². The third-order valence-corrected chi connectivity index (χ3v) is 5.69. The van der Waals surface area contributed by atoms with Gasteiger partial charge in [-0.05, 0) is 49.2 Å². The van der Waals surface area contributed by atoms with E-state index in [0.29, 0.717) is 29.2 Å². The second kappa shape index (κ2) is 9.31. The molecule has 4 rings (SSSR count). The molecule has 1 heterocycles. The molecule has 0 spiro atoms. The lowest BCUT2D eigenvalue weighted by Crippen LogP contribution is -2.29. The summed E-state index contributed by atoms with van der Waals surface area (Å²) in [7, 11) is 1.52. The number of methoxy groups -OCH3 is 1. The van der Waals surface area contributed by atoms with E-state index in [4.69, 9.17) is 9.47 Å². The minimum atomic E-state index is -1.00. The maximum absolute atomic E-state index is 13.3. The Morgan fingerprint density at radius 2 is 1.74 bits per heavy atom. The minimum absolute atomic E-state index is 0.0790. The summed E-state index contributed by atoms with van der Waals surface area (Å²) >= 11 is 0. The number of aromatic hydroxyl groups is 1. The van der Waals surface area contributed by atoms with Crippen LogP contribution in [0.3, 0.4) is 0 Å². The second-order valence-electron chi connectivity index (χ2n) is 7.87. The number of rotatable bonds is 6. The SMILES string of the molecule is CCOc1cc(C2/C(=C(/O)c3ccccc3)C(=O)C(=O)N2c2cc(C)ccc2O)ccc1OC. The van der Waals surface area contributed by atoms with Crippen molar-refractivity contribution >= 4 is 23.1 Å². The fourth-order valence-electron chi connectivity index (χ4n) is 4.11. The van der Waals surface area contributed by atoms with Gasteiger partial charge >= 0.3 is 0 Å². The number of anilines is 1. The number of carbonyl (C=O) groups excluding carboxylic acids is 2. The monoisotopic (exact) mass is 459 g/mol. The van der Waals surface area contributed by atoms with Crippen LogP contribution in [0.2, 0.25) is 0 Å². The minimum Gasteiger partial charge on any atom is -0.507 e. The molecule has 1 aliphatic heterocycles. The number of aryl methyl sites for hydroxylation is 1. The molecular formula is C27H25NO6. The largest absolute Gasteiger partial charge is 0.507 e. The van der Waals surface area contributed by atoms with Gasteiger partial charge in [0.1, 0.15) is 11.5 Å². The molecular weight excluding hydrogens is 434 g/mol. The number of amides is 1. The molecule has 0 radical (unpaired) electrons. The molecule has 7 heteroatoms. The van der Waals surface area contributed by atoms with E-state index in [9.17, 15) is 19.8 Å². The summed E-state index contributed by atoms with van der Waals surface area (Å²) in [6.45, 7) is 4.03. The molecule has 0 saturated carbocycles. The fourth-order valence-corrected chi connectivity index (χ4v) is 4.11. The Labute approximate surface area is 197 Å². The van der Waals surface area contributed by atoms with E-state index < -0.39 is 17.7 Å². The lowest BCUT2D eigenvalue weighted by molar-refractivity contribution is -0.132. The number of benzene rings is 3. The van der Waals surface area contributed by atoms with E-state index in [1.54, 1.807) is 60.7 Å². The number of carbonyl (C=O) groups is 2. The number of phenols is 1. The average molecular weight is 459 g/mol. The first-order valence-electron chi connectivity index (χ1n) is 10.8. The Balaban J connectivity index is 1.99. The number of ketones is 1. The first-order valence-corrected chi connectivity index (χ1v) is 10.8. The van der Waals surface area contributed by atoms with E-state index in [2.05, 4.69) is 0 Å². The number of hydrogen-bond acceptors (Lipinski definition) is 6. The second-order valence-corrected chi connectivity index (χ2v) is 7.87. The molecule has 1 aliphatic rings. The summed E-state index contributed by atoms with van der Waals surface area (Å²) in [5.41, 5.74) is 1.80. The number of aliphatic hydroxyl groups excluding tert-OH is 1. The molecule has 2 N–H and O–H groups in total. The standard InChI is InChI=1S/C27H25NO6/c1-4-34-22-15-18(11-13-21(22)33-3)24-23(25(30)17-8-6-5-7-9-17)26(31)27(32)28(24)19-14-16(2)10-12-20(19)29/h5-15,24,29-30H,4H2,1-3H3/b25-23-. The van der Waals surface area contributed by atoms with Crippen molar-refractivity contribution in [2.24, 2.45) is 0 Å². The van der Waals surface area contributed by atoms with Crippen molar-refractivity contribution in [2.45, 2.75) is 19.9 Å². The molecule has 1 amide bonds. The van der Waals surface area contributed by atoms with Crippen molar-refractivity contribution in [3.63, 3.8) is 0 Å². The normalized spacial score (nSPS) is 17.1. The molecule has 1 fully saturated rings. The maximum Gasteiger partial charge on any atom is 0.300 e. The van der Waals surface area contributed by atoms with Gasteiger partial charge < -0.3 is 19.7 Å². The predicted molar refractivity (Wildman–Crippen MR) is 128 cm³/mol. The Morgan fingerprint density at radius 3 is 2.41 bits per heavy atom. The van der Waals surface area contributed by atoms with E-state index in [0.717, 1.165) is 5.56 Å². The summed E-state index contributed by atoms with van der Waals surface area (Å²) in [5, 5.41) is 21.8. The molecule has 1 saturated heterocycles. The van der Waals surface area contributed by atoms with Crippen LogP contribution in [0, 0.1) is 6.92 Å². The third-order valence-electron chi connectivity index (χ3n) is 5.69. The van der Waals surface area contributed by atoms with E-state index in [1.807, 2.05) is 13.8 Å². The van der Waals surface area contributed by atoms with Crippen molar-refractivity contribution in [3.05, 3.63) is 89.0 Å². The van der Waals surface area contributed by atoms with Gasteiger partial charge in [-0.1, -0.05) is 42.5 Å². The van der Waals surface area contributed by atoms with Gasteiger partial charge in [0.15, 0.2) is 11.5 Å². The molecule has 1 unspecified atom stereocenters. The van der Waals surface area contributed by atoms with Crippen LogP contribution in [0.15, 0.2) is 72.3 Å². The molecule has 0 bridgehead atoms. The van der Waals surface area contributed by atoms with Crippen molar-refractivity contribution in [1.29, 1.82) is 0 Å². The predicted octanol–water partition coefficient (Wildman–Crippen LogP) is 4.73. The molecule has 0 aromatic heterocycles. The zero-order valence-corrected chi connectivity index (χ0v) is 19.1. The van der Waals surface area contributed by atoms with Crippen LogP contribution >= 0.6 is 0 Å². The van der Waals surface area contributed by atoms with E-state index in [-0.39, 0.29) is 22.8 Å². The topological polar surface area (TPSA) is 96.3 Å². The number of Topliss-reactive ketones (excluding diaryl/α,β-unsaturated/α-hetero) is 1. The zero-order valence-electron chi connectivity index (χ0n) is 19.1. The van der Waals surface area contributed by atoms with Gasteiger partial charge in [0, 0.05) is 5.56 Å². The molecule has 1 atom stereocenters. The quantitative estimate of drug-likeness (QED) is 0.314. The highest BCUT2D eigenvalue weighted by molar-refractivity contribution is 6.52. The number of aliphatic hydroxyl groups is 1. The first-order chi connectivity index (χ1) is 16.4. The van der Waals surface area contributed by atoms with Crippen LogP contribution in [0.25, 0.3) is 5.76 Å². The van der Waals surface area contributed by atoms with Crippen LogP contribution in [-0.2, 0) is 9.59 Å². The molecule has 174 valence electrons. The Hall–Kier alpha value is -4.26. The maximum atomic E-state index is 13.3. The molecule has 34 heavy (non-hydrogen) atoms. The lowest BCUT2D eigenvalue weighted by Gasteiger charge is -2.27. The number of nitrogens with zero attached hydrogens (tertiary/aromatic N) is 1. The lowest BCUT2D eigenvalue weighted by atomic mass is 9.94. The summed E-state index contributed by atoms with van der Waals surface area (Å²) in [5.74, 6) is -1.23. The van der Waals surface area contributed by atoms with Crippen LogP contribution in [0.5, 0.6) is 17.2 Å². The molecule has 3 aromatic carbocycles. The zero-order chi connectivity index (χ0) is 24.4. The third kappa shape index (κ3) is 3.96. The molecule has 3 aromatic rings. The summed E-state index contributed by atoms with van der Waals surface area (Å²) in [6.07, 6.45) is 0. The van der Waals surface area contributed by atoms with Crippen molar-refractivity contribution in [2.75, 3.05) is 18.6 Å². The van der Waals surface area contributed by atoms with Crippen molar-refractivity contribution in [3.8, 4) is 17.2 Å². The van der Waals surface area contributed by atoms with Crippen LogP contribution < -0.4 is 14.4 Å². The summed E-state index contributed by atoms with van der Waals surface area (Å²) in [6, 6.07) is 17.4. The fraction of sp³-hybridized carbons (Fsp3) is 0.185. The van der Waals surface area contributed by atoms with Gasteiger partial charge in [-0.25, -0.2) is 0 Å². The van der Waals surface area contributed by atoms with Crippen LogP contribution in [0.4, 0.5) is 5.69 Å². The first kappa shape index (κ1) is 22.9. The summed E-state index contributed by atoms with van der Waals surface area (Å²) in [4.78, 5) is 27.8. The van der Waals surface area contributed by atoms with Gasteiger partial charge in [-0.2, -0.15) is 0 Å². The van der Waals surface area contributed by atoms with Gasteiger partial charge in [-0.3, -0.25) is 14.5 Å². The Morgan fingerprint density at radius 1 is 1.00 bits per heavy atom. The Kier molecular flexibility index (Phi) is 6.27. The van der Waals surface area contributed by atoms with Crippen LogP contribution in [0.1, 0.15) is 29.7 Å². The number of phenolic OH excluding ortho intramolecular Hbond substituents is 1. The van der Waals surface area contributed by atoms with Gasteiger partial charge in [-0.15, -0.1) is 0 Å². The van der Waals surface area contributed by atoms with Gasteiger partial charge in [0.2, 0.25) is 0 Å². The highest BCUT2D eigenvalue weighted by Crippen LogP contribution is 2.46. The highest BCUT2D eigenvalue weighted by Gasteiger charge is 2.48. The van der Waals surface area contributed by atoms with E-state index in [1.165, 1.54) is 18.1 Å². The smallest absolute Gasteiger partial charge is 0.300 e. The van der Waals surface area contributed by atoms with Crippen LogP contribution in [-0.4, -0.2) is 35.6 Å². The average Bonchev–Trinajstić information content (AvgIpc) is 3.11. The summed E-state index contributed by atoms with van der Waals surface area (Å²) < 4.78 is 11.1. The van der Waals surface area contributed by atoms with Gasteiger partial charge in [0.05, 0.1) is 31.0 Å². The van der Waals surface area contributed by atoms with Crippen molar-refractivity contribution < 1.29 is 29.3 Å². The molecule has 7 nitrogen and oxygen atoms in total. The number of ether oxygens (including phenoxy) is 2. The Bertz CT molecular complexity index is 1280. The van der Waals surface area contributed by atoms with Gasteiger partial charge in [0.25, 0.3) is 11.7 Å². The highest BCUT2D eigenvalue weighted by atomic mass is 16.5. The van der Waals surface area contributed by atoms with Crippen molar-refractivity contribution in [1.82, 2.24) is 0 Å².